The van der Waals surface area contributed by atoms with Crippen LogP contribution in [0.3, 0.4) is 0 Å². The van der Waals surface area contributed by atoms with Crippen molar-refractivity contribution in [3.05, 3.63) is 41.3 Å². The third kappa shape index (κ3) is 3.69. The molecular weight excluding hydrogens is 249 g/mol. The van der Waals surface area contributed by atoms with Gasteiger partial charge in [-0.3, -0.25) is 0 Å². The van der Waals surface area contributed by atoms with E-state index in [1.54, 1.807) is 0 Å². The molecule has 0 aliphatic heterocycles. The molecule has 0 spiro atoms. The summed E-state index contributed by atoms with van der Waals surface area (Å²) in [6.45, 7) is 2.52. The number of rotatable bonds is 5. The van der Waals surface area contributed by atoms with E-state index in [9.17, 15) is 9.18 Å². The molecule has 0 amide bonds. The summed E-state index contributed by atoms with van der Waals surface area (Å²) in [5.74, 6) is 4.66. The van der Waals surface area contributed by atoms with E-state index in [1.807, 2.05) is 6.92 Å². The van der Waals surface area contributed by atoms with Crippen LogP contribution in [-0.4, -0.2) is 24.6 Å². The Balaban J connectivity index is 3.18. The van der Waals surface area contributed by atoms with Crippen LogP contribution in [0.25, 0.3) is 5.70 Å². The molecule has 4 N–H and O–H groups in total. The van der Waals surface area contributed by atoms with E-state index in [1.165, 1.54) is 30.5 Å². The number of benzene rings is 1. The van der Waals surface area contributed by atoms with Gasteiger partial charge in [0.05, 0.1) is 18.4 Å². The summed E-state index contributed by atoms with van der Waals surface area (Å²) in [5.41, 5.74) is 6.52. The first kappa shape index (κ1) is 15.0. The Bertz CT molecular complexity index is 489. The Morgan fingerprint density at radius 2 is 2.05 bits per heavy atom. The monoisotopic (exact) mass is 267 g/mol. The van der Waals surface area contributed by atoms with Crippen LogP contribution in [-0.2, 0) is 4.74 Å². The van der Waals surface area contributed by atoms with Crippen LogP contribution in [0.5, 0.6) is 0 Å². The second-order valence-electron chi connectivity index (χ2n) is 3.97. The lowest BCUT2D eigenvalue weighted by molar-refractivity contribution is 0.0600. The fraction of sp³-hybridized carbons (Fsp3) is 0.308. The molecule has 0 heterocycles. The SMILES string of the molecule is CCCN(N)/C(=C\N)c1cc(F)cc(C(=O)OC)c1. The Kier molecular flexibility index (Phi) is 5.32. The predicted octanol–water partition coefficient (Wildman–Crippen LogP) is 1.46. The Morgan fingerprint density at radius 3 is 2.58 bits per heavy atom. The lowest BCUT2D eigenvalue weighted by atomic mass is 10.1. The van der Waals surface area contributed by atoms with Crippen molar-refractivity contribution >= 4 is 11.7 Å². The number of hydrogen-bond donors (Lipinski definition) is 2. The van der Waals surface area contributed by atoms with Crippen LogP contribution in [0.15, 0.2) is 24.4 Å². The van der Waals surface area contributed by atoms with E-state index in [0.717, 1.165) is 12.5 Å². The van der Waals surface area contributed by atoms with E-state index >= 15 is 0 Å². The molecule has 0 unspecified atom stereocenters. The number of methoxy groups -OCH3 is 1. The van der Waals surface area contributed by atoms with Crippen molar-refractivity contribution in [2.75, 3.05) is 13.7 Å². The topological polar surface area (TPSA) is 81.6 Å². The van der Waals surface area contributed by atoms with Crippen LogP contribution in [0.1, 0.15) is 29.3 Å². The van der Waals surface area contributed by atoms with Gasteiger partial charge in [-0.05, 0) is 24.6 Å². The van der Waals surface area contributed by atoms with Gasteiger partial charge in [0.25, 0.3) is 0 Å². The molecule has 0 saturated carbocycles. The second kappa shape index (κ2) is 6.75. The van der Waals surface area contributed by atoms with E-state index in [2.05, 4.69) is 4.74 Å². The van der Waals surface area contributed by atoms with Crippen LogP contribution in [0.4, 0.5) is 4.39 Å². The standard InChI is InChI=1S/C13H18FN3O2/c1-3-4-17(16)12(8-15)9-5-10(13(18)19-2)7-11(14)6-9/h5-8H,3-4,15-16H2,1-2H3/b12-8-. The minimum atomic E-state index is -0.615. The second-order valence-corrected chi connectivity index (χ2v) is 3.97. The summed E-state index contributed by atoms with van der Waals surface area (Å²) in [4.78, 5) is 11.4. The number of hydrazine groups is 1. The summed E-state index contributed by atoms with van der Waals surface area (Å²) >= 11 is 0. The van der Waals surface area contributed by atoms with E-state index in [0.29, 0.717) is 17.8 Å². The summed E-state index contributed by atoms with van der Waals surface area (Å²) in [7, 11) is 1.24. The van der Waals surface area contributed by atoms with Gasteiger partial charge in [-0.15, -0.1) is 0 Å². The Morgan fingerprint density at radius 1 is 1.42 bits per heavy atom. The third-order valence-corrected chi connectivity index (χ3v) is 2.55. The van der Waals surface area contributed by atoms with Crippen molar-refractivity contribution in [2.24, 2.45) is 11.6 Å². The van der Waals surface area contributed by atoms with Gasteiger partial charge in [-0.1, -0.05) is 6.92 Å². The molecule has 1 rings (SSSR count). The summed E-state index contributed by atoms with van der Waals surface area (Å²) in [6.07, 6.45) is 2.10. The van der Waals surface area contributed by atoms with Crippen molar-refractivity contribution < 1.29 is 13.9 Å². The molecule has 1 aromatic carbocycles. The number of carbonyl (C=O) groups is 1. The third-order valence-electron chi connectivity index (χ3n) is 2.55. The highest BCUT2D eigenvalue weighted by Gasteiger charge is 2.13. The van der Waals surface area contributed by atoms with Crippen LogP contribution < -0.4 is 11.6 Å². The molecular formula is C13H18FN3O2. The smallest absolute Gasteiger partial charge is 0.337 e. The molecule has 0 saturated heterocycles. The molecule has 0 atom stereocenters. The van der Waals surface area contributed by atoms with Gasteiger partial charge in [0, 0.05) is 18.3 Å². The average molecular weight is 267 g/mol. The zero-order valence-electron chi connectivity index (χ0n) is 11.0. The highest BCUT2D eigenvalue weighted by Crippen LogP contribution is 2.19. The highest BCUT2D eigenvalue weighted by molar-refractivity contribution is 5.90. The molecule has 0 fully saturated rings. The van der Waals surface area contributed by atoms with Crippen LogP contribution in [0.2, 0.25) is 0 Å². The van der Waals surface area contributed by atoms with E-state index in [4.69, 9.17) is 11.6 Å². The van der Waals surface area contributed by atoms with Crippen LogP contribution in [0, 0.1) is 5.82 Å². The first-order valence-corrected chi connectivity index (χ1v) is 5.86. The maximum absolute atomic E-state index is 13.5. The summed E-state index contributed by atoms with van der Waals surface area (Å²) in [5, 5.41) is 1.41. The maximum atomic E-state index is 13.5. The van der Waals surface area contributed by atoms with Gasteiger partial charge >= 0.3 is 5.97 Å². The molecule has 0 aliphatic rings. The predicted molar refractivity (Wildman–Crippen MR) is 71.1 cm³/mol. The fourth-order valence-electron chi connectivity index (χ4n) is 1.69. The number of nitrogens with zero attached hydrogens (tertiary/aromatic N) is 1. The molecule has 1 aromatic rings. The number of carbonyl (C=O) groups excluding carboxylic acids is 1. The first-order chi connectivity index (χ1) is 9.03. The van der Waals surface area contributed by atoms with Crippen molar-refractivity contribution in [2.45, 2.75) is 13.3 Å². The van der Waals surface area contributed by atoms with Crippen molar-refractivity contribution in [1.29, 1.82) is 0 Å². The Hall–Kier alpha value is -2.08. The molecule has 104 valence electrons. The number of nitrogens with two attached hydrogens (primary N) is 2. The van der Waals surface area contributed by atoms with Gasteiger partial charge in [0.1, 0.15) is 5.82 Å². The fourth-order valence-corrected chi connectivity index (χ4v) is 1.69. The molecule has 0 aliphatic carbocycles. The minimum Gasteiger partial charge on any atom is -0.465 e. The normalized spacial score (nSPS) is 11.3. The van der Waals surface area contributed by atoms with Gasteiger partial charge < -0.3 is 15.5 Å². The van der Waals surface area contributed by atoms with E-state index in [-0.39, 0.29) is 5.56 Å². The zero-order chi connectivity index (χ0) is 14.4. The van der Waals surface area contributed by atoms with E-state index < -0.39 is 11.8 Å². The van der Waals surface area contributed by atoms with Gasteiger partial charge in [0.15, 0.2) is 0 Å². The molecule has 0 bridgehead atoms. The van der Waals surface area contributed by atoms with Gasteiger partial charge in [0.2, 0.25) is 0 Å². The molecule has 19 heavy (non-hydrogen) atoms. The lowest BCUT2D eigenvalue weighted by Crippen LogP contribution is -2.30. The minimum absolute atomic E-state index is 0.113. The van der Waals surface area contributed by atoms with Crippen molar-refractivity contribution in [3.63, 3.8) is 0 Å². The number of esters is 1. The van der Waals surface area contributed by atoms with Crippen molar-refractivity contribution in [3.8, 4) is 0 Å². The van der Waals surface area contributed by atoms with Crippen molar-refractivity contribution in [1.82, 2.24) is 5.01 Å². The number of ether oxygens (including phenoxy) is 1. The quantitative estimate of drug-likeness (QED) is 0.479. The number of hydrogen-bond acceptors (Lipinski definition) is 5. The molecule has 0 aromatic heterocycles. The van der Waals surface area contributed by atoms with Gasteiger partial charge in [-0.25, -0.2) is 15.0 Å². The first-order valence-electron chi connectivity index (χ1n) is 5.86. The summed E-state index contributed by atoms with van der Waals surface area (Å²) in [6, 6.07) is 3.86. The molecule has 0 radical (unpaired) electrons. The molecule has 6 heteroatoms. The van der Waals surface area contributed by atoms with Crippen LogP contribution >= 0.6 is 0 Å². The number of halogens is 1. The van der Waals surface area contributed by atoms with Gasteiger partial charge in [-0.2, -0.15) is 0 Å². The highest BCUT2D eigenvalue weighted by atomic mass is 19.1. The molecule has 5 nitrogen and oxygen atoms in total. The zero-order valence-corrected chi connectivity index (χ0v) is 11.0. The maximum Gasteiger partial charge on any atom is 0.337 e. The largest absolute Gasteiger partial charge is 0.465 e. The summed E-state index contributed by atoms with van der Waals surface area (Å²) < 4.78 is 18.1. The Labute approximate surface area is 111 Å². The average Bonchev–Trinajstić information content (AvgIpc) is 2.38. The lowest BCUT2D eigenvalue weighted by Gasteiger charge is -2.21.